The Balaban J connectivity index is 2.47. The van der Waals surface area contributed by atoms with E-state index in [9.17, 15) is 0 Å². The van der Waals surface area contributed by atoms with Gasteiger partial charge in [0, 0.05) is 36.5 Å². The number of hydrogen-bond acceptors (Lipinski definition) is 3. The zero-order valence-electron chi connectivity index (χ0n) is 9.17. The lowest BCUT2D eigenvalue weighted by atomic mass is 10.0. The summed E-state index contributed by atoms with van der Waals surface area (Å²) in [6.07, 6.45) is 0.991. The molecule has 3 N–H and O–H groups in total. The molecular formula is C11H16N4. The first kappa shape index (κ1) is 10.1. The summed E-state index contributed by atoms with van der Waals surface area (Å²) >= 11 is 0. The van der Waals surface area contributed by atoms with Crippen LogP contribution in [0.3, 0.4) is 0 Å². The summed E-state index contributed by atoms with van der Waals surface area (Å²) in [5, 5.41) is 7.47. The van der Waals surface area contributed by atoms with Crippen molar-refractivity contribution in [3.63, 3.8) is 0 Å². The number of pyridine rings is 1. The molecule has 80 valence electrons. The summed E-state index contributed by atoms with van der Waals surface area (Å²) in [5.41, 5.74) is 9.52. The Morgan fingerprint density at radius 3 is 3.00 bits per heavy atom. The van der Waals surface area contributed by atoms with Crippen molar-refractivity contribution in [2.75, 3.05) is 13.6 Å². The number of aryl methyl sites for hydroxylation is 1. The average Bonchev–Trinajstić information content (AvgIpc) is 2.17. The van der Waals surface area contributed by atoms with Crippen molar-refractivity contribution >= 4 is 5.84 Å². The molecule has 15 heavy (non-hydrogen) atoms. The highest BCUT2D eigenvalue weighted by Gasteiger charge is 2.16. The molecule has 0 unspecified atom stereocenters. The van der Waals surface area contributed by atoms with Gasteiger partial charge >= 0.3 is 0 Å². The van der Waals surface area contributed by atoms with Gasteiger partial charge < -0.3 is 10.6 Å². The minimum atomic E-state index is 0.107. The van der Waals surface area contributed by atoms with E-state index >= 15 is 0 Å². The standard InChI is InChI=1S/C11H16N4/c1-7-9(11(12)13)5-8-6-15(2)4-3-10(8)14-7/h5H,3-4,6H2,1-2H3,(H3,12,13). The van der Waals surface area contributed by atoms with Crippen LogP contribution in [0, 0.1) is 12.3 Å². The summed E-state index contributed by atoms with van der Waals surface area (Å²) in [7, 11) is 2.09. The minimum absolute atomic E-state index is 0.107. The van der Waals surface area contributed by atoms with Gasteiger partial charge in [0.2, 0.25) is 0 Å². The van der Waals surface area contributed by atoms with Gasteiger partial charge in [-0.2, -0.15) is 0 Å². The third-order valence-electron chi connectivity index (χ3n) is 2.84. The van der Waals surface area contributed by atoms with Crippen LogP contribution in [0.1, 0.15) is 22.5 Å². The van der Waals surface area contributed by atoms with E-state index in [-0.39, 0.29) is 5.84 Å². The van der Waals surface area contributed by atoms with E-state index in [2.05, 4.69) is 16.9 Å². The molecule has 1 aliphatic heterocycles. The van der Waals surface area contributed by atoms with Gasteiger partial charge in [-0.1, -0.05) is 0 Å². The summed E-state index contributed by atoms with van der Waals surface area (Å²) in [4.78, 5) is 6.78. The summed E-state index contributed by atoms with van der Waals surface area (Å²) in [6, 6.07) is 2.01. The van der Waals surface area contributed by atoms with Crippen LogP contribution in [0.4, 0.5) is 0 Å². The third-order valence-corrected chi connectivity index (χ3v) is 2.84. The molecule has 1 aliphatic rings. The van der Waals surface area contributed by atoms with Gasteiger partial charge in [-0.25, -0.2) is 0 Å². The van der Waals surface area contributed by atoms with Crippen LogP contribution in [-0.4, -0.2) is 29.3 Å². The highest BCUT2D eigenvalue weighted by atomic mass is 15.1. The van der Waals surface area contributed by atoms with Crippen LogP contribution >= 0.6 is 0 Å². The van der Waals surface area contributed by atoms with Crippen molar-refractivity contribution in [3.8, 4) is 0 Å². The number of likely N-dealkylation sites (N-methyl/N-ethyl adjacent to an activating group) is 1. The smallest absolute Gasteiger partial charge is 0.124 e. The lowest BCUT2D eigenvalue weighted by Crippen LogP contribution is -2.28. The lowest BCUT2D eigenvalue weighted by molar-refractivity contribution is 0.309. The average molecular weight is 204 g/mol. The molecule has 4 nitrogen and oxygen atoms in total. The van der Waals surface area contributed by atoms with Gasteiger partial charge in [-0.3, -0.25) is 10.4 Å². The topological polar surface area (TPSA) is 66.0 Å². The second-order valence-corrected chi connectivity index (χ2v) is 4.13. The number of aromatic nitrogens is 1. The van der Waals surface area contributed by atoms with E-state index in [4.69, 9.17) is 11.1 Å². The van der Waals surface area contributed by atoms with Crippen molar-refractivity contribution in [2.24, 2.45) is 5.73 Å². The molecule has 0 radical (unpaired) electrons. The Labute approximate surface area is 89.6 Å². The van der Waals surface area contributed by atoms with Gasteiger partial charge in [-0.15, -0.1) is 0 Å². The van der Waals surface area contributed by atoms with Crippen LogP contribution in [0.5, 0.6) is 0 Å². The predicted octanol–water partition coefficient (Wildman–Crippen LogP) is 0.662. The second kappa shape index (κ2) is 3.62. The van der Waals surface area contributed by atoms with Gasteiger partial charge in [0.25, 0.3) is 0 Å². The second-order valence-electron chi connectivity index (χ2n) is 4.13. The Hall–Kier alpha value is -1.42. The first-order chi connectivity index (χ1) is 7.08. The molecule has 2 heterocycles. The minimum Gasteiger partial charge on any atom is -0.384 e. The number of nitrogens with zero attached hydrogens (tertiary/aromatic N) is 2. The molecule has 0 atom stereocenters. The van der Waals surface area contributed by atoms with E-state index in [0.717, 1.165) is 36.5 Å². The zero-order chi connectivity index (χ0) is 11.0. The number of nitrogens with one attached hydrogen (secondary N) is 1. The molecule has 0 amide bonds. The Kier molecular flexibility index (Phi) is 2.44. The summed E-state index contributed by atoms with van der Waals surface area (Å²) < 4.78 is 0. The molecular weight excluding hydrogens is 188 g/mol. The molecule has 0 bridgehead atoms. The number of fused-ring (bicyclic) bond motifs is 1. The molecule has 0 saturated heterocycles. The van der Waals surface area contributed by atoms with Crippen molar-refractivity contribution in [3.05, 3.63) is 28.6 Å². The van der Waals surface area contributed by atoms with Crippen molar-refractivity contribution < 1.29 is 0 Å². The van der Waals surface area contributed by atoms with Crippen LogP contribution < -0.4 is 5.73 Å². The van der Waals surface area contributed by atoms with E-state index in [0.29, 0.717) is 0 Å². The van der Waals surface area contributed by atoms with Gasteiger partial charge in [0.15, 0.2) is 0 Å². The summed E-state index contributed by atoms with van der Waals surface area (Å²) in [5.74, 6) is 0.107. The van der Waals surface area contributed by atoms with Gasteiger partial charge in [-0.05, 0) is 25.6 Å². The number of hydrogen-bond donors (Lipinski definition) is 2. The van der Waals surface area contributed by atoms with Crippen molar-refractivity contribution in [1.82, 2.24) is 9.88 Å². The normalized spacial score (nSPS) is 16.1. The predicted molar refractivity (Wildman–Crippen MR) is 60.0 cm³/mol. The van der Waals surface area contributed by atoms with Gasteiger partial charge in [0.1, 0.15) is 5.84 Å². The molecule has 0 fully saturated rings. The highest BCUT2D eigenvalue weighted by Crippen LogP contribution is 2.19. The molecule has 1 aromatic rings. The van der Waals surface area contributed by atoms with Crippen molar-refractivity contribution in [1.29, 1.82) is 5.41 Å². The van der Waals surface area contributed by atoms with E-state index in [1.54, 1.807) is 0 Å². The van der Waals surface area contributed by atoms with Gasteiger partial charge in [0.05, 0.1) is 0 Å². The fraction of sp³-hybridized carbons (Fsp3) is 0.455. The number of amidine groups is 1. The van der Waals surface area contributed by atoms with Crippen LogP contribution in [0.15, 0.2) is 6.07 Å². The zero-order valence-corrected chi connectivity index (χ0v) is 9.17. The number of nitrogens with two attached hydrogens (primary N) is 1. The van der Waals surface area contributed by atoms with E-state index < -0.39 is 0 Å². The van der Waals surface area contributed by atoms with Crippen LogP contribution in [0.2, 0.25) is 0 Å². The molecule has 0 spiro atoms. The first-order valence-corrected chi connectivity index (χ1v) is 5.10. The van der Waals surface area contributed by atoms with Crippen LogP contribution in [0.25, 0.3) is 0 Å². The number of nitrogen functional groups attached to an aromatic ring is 1. The highest BCUT2D eigenvalue weighted by molar-refractivity contribution is 5.96. The number of rotatable bonds is 1. The SMILES string of the molecule is Cc1nc2c(cc1C(=N)N)CN(C)CC2. The summed E-state index contributed by atoms with van der Waals surface area (Å²) in [6.45, 7) is 3.87. The van der Waals surface area contributed by atoms with E-state index in [1.165, 1.54) is 5.56 Å². The maximum Gasteiger partial charge on any atom is 0.124 e. The quantitative estimate of drug-likeness (QED) is 0.521. The van der Waals surface area contributed by atoms with Crippen molar-refractivity contribution in [2.45, 2.75) is 19.9 Å². The largest absolute Gasteiger partial charge is 0.384 e. The van der Waals surface area contributed by atoms with Crippen LogP contribution in [-0.2, 0) is 13.0 Å². The Morgan fingerprint density at radius 1 is 1.60 bits per heavy atom. The molecule has 0 aromatic carbocycles. The monoisotopic (exact) mass is 204 g/mol. The third kappa shape index (κ3) is 1.85. The molecule has 1 aromatic heterocycles. The molecule has 2 rings (SSSR count). The fourth-order valence-corrected chi connectivity index (χ4v) is 1.99. The lowest BCUT2D eigenvalue weighted by Gasteiger charge is -2.25. The maximum absolute atomic E-state index is 7.47. The maximum atomic E-state index is 7.47. The molecule has 4 heteroatoms. The Bertz CT molecular complexity index is 411. The fourth-order valence-electron chi connectivity index (χ4n) is 1.99. The molecule has 0 saturated carbocycles. The Morgan fingerprint density at radius 2 is 2.33 bits per heavy atom. The molecule has 0 aliphatic carbocycles. The van der Waals surface area contributed by atoms with E-state index in [1.807, 2.05) is 13.0 Å². The first-order valence-electron chi connectivity index (χ1n) is 5.10.